The SMILES string of the molecule is CN1C(=O)N(Cc2ccccc2)CC1(CCOS(C)(=O)=O)c1ccc(Cl)c(Cl)c1. The number of carbonyl (C=O) groups is 1. The van der Waals surface area contributed by atoms with Crippen LogP contribution in [0.4, 0.5) is 4.79 Å². The molecule has 0 bridgehead atoms. The van der Waals surface area contributed by atoms with Crippen molar-refractivity contribution in [2.45, 2.75) is 18.5 Å². The zero-order valence-corrected chi connectivity index (χ0v) is 18.5. The van der Waals surface area contributed by atoms with E-state index in [-0.39, 0.29) is 19.1 Å². The van der Waals surface area contributed by atoms with Crippen LogP contribution >= 0.6 is 23.2 Å². The van der Waals surface area contributed by atoms with Crippen molar-refractivity contribution in [2.75, 3.05) is 26.5 Å². The Morgan fingerprint density at radius 3 is 2.41 bits per heavy atom. The number of amides is 2. The van der Waals surface area contributed by atoms with Crippen LogP contribution in [0.2, 0.25) is 10.0 Å². The molecule has 1 fully saturated rings. The Bertz CT molecular complexity index is 1000. The highest BCUT2D eigenvalue weighted by Crippen LogP contribution is 2.40. The van der Waals surface area contributed by atoms with E-state index < -0.39 is 15.7 Å². The van der Waals surface area contributed by atoms with E-state index in [0.717, 1.165) is 17.4 Å². The Morgan fingerprint density at radius 1 is 1.10 bits per heavy atom. The average molecular weight is 457 g/mol. The van der Waals surface area contributed by atoms with Gasteiger partial charge in [0.05, 0.1) is 35.0 Å². The highest BCUT2D eigenvalue weighted by Gasteiger charge is 2.48. The lowest BCUT2D eigenvalue weighted by Gasteiger charge is -2.35. The molecular weight excluding hydrogens is 435 g/mol. The van der Waals surface area contributed by atoms with E-state index in [4.69, 9.17) is 27.4 Å². The molecule has 0 radical (unpaired) electrons. The van der Waals surface area contributed by atoms with Crippen molar-refractivity contribution >= 4 is 39.4 Å². The zero-order valence-electron chi connectivity index (χ0n) is 16.1. The summed E-state index contributed by atoms with van der Waals surface area (Å²) in [5.74, 6) is 0. The maximum atomic E-state index is 13.0. The minimum absolute atomic E-state index is 0.0596. The summed E-state index contributed by atoms with van der Waals surface area (Å²) in [5, 5.41) is 0.779. The highest BCUT2D eigenvalue weighted by molar-refractivity contribution is 7.85. The molecule has 0 saturated carbocycles. The summed E-state index contributed by atoms with van der Waals surface area (Å²) in [6.07, 6.45) is 1.29. The van der Waals surface area contributed by atoms with Crippen LogP contribution in [0.1, 0.15) is 17.5 Å². The quantitative estimate of drug-likeness (QED) is 0.587. The van der Waals surface area contributed by atoms with Crippen molar-refractivity contribution in [2.24, 2.45) is 0 Å². The van der Waals surface area contributed by atoms with Crippen molar-refractivity contribution in [3.8, 4) is 0 Å². The largest absolute Gasteiger partial charge is 0.320 e. The van der Waals surface area contributed by atoms with Gasteiger partial charge in [-0.2, -0.15) is 8.42 Å². The molecular formula is C20H22Cl2N2O4S. The van der Waals surface area contributed by atoms with Crippen LogP contribution in [0.25, 0.3) is 0 Å². The van der Waals surface area contributed by atoms with Crippen LogP contribution in [-0.2, 0) is 26.4 Å². The molecule has 2 aromatic carbocycles. The summed E-state index contributed by atoms with van der Waals surface area (Å²) in [6, 6.07) is 14.7. The molecule has 1 aliphatic heterocycles. The topological polar surface area (TPSA) is 66.9 Å². The van der Waals surface area contributed by atoms with Gasteiger partial charge in [0.2, 0.25) is 0 Å². The standard InChI is InChI=1S/C20H22Cl2N2O4S/c1-23-19(25)24(13-15-6-4-3-5-7-15)14-20(23,10-11-28-29(2,26)27)16-8-9-17(21)18(22)12-16/h3-9,12H,10-11,13-14H2,1-2H3. The van der Waals surface area contributed by atoms with E-state index in [9.17, 15) is 13.2 Å². The summed E-state index contributed by atoms with van der Waals surface area (Å²) < 4.78 is 27.9. The fourth-order valence-corrected chi connectivity index (χ4v) is 4.32. The first kappa shape index (κ1) is 21.9. The summed E-state index contributed by atoms with van der Waals surface area (Å²) in [7, 11) is -1.89. The van der Waals surface area contributed by atoms with Crippen molar-refractivity contribution in [1.29, 1.82) is 0 Å². The van der Waals surface area contributed by atoms with E-state index in [2.05, 4.69) is 0 Å². The molecule has 1 saturated heterocycles. The fraction of sp³-hybridized carbons (Fsp3) is 0.350. The number of benzene rings is 2. The summed E-state index contributed by atoms with van der Waals surface area (Å²) in [6.45, 7) is 0.748. The molecule has 2 aromatic rings. The van der Waals surface area contributed by atoms with Crippen LogP contribution in [0.5, 0.6) is 0 Å². The summed E-state index contributed by atoms with van der Waals surface area (Å²) >= 11 is 12.3. The van der Waals surface area contributed by atoms with Crippen molar-refractivity contribution in [3.63, 3.8) is 0 Å². The van der Waals surface area contributed by atoms with Crippen LogP contribution in [0.3, 0.4) is 0 Å². The normalized spacial score (nSPS) is 19.8. The summed E-state index contributed by atoms with van der Waals surface area (Å²) in [5.41, 5.74) is 0.979. The molecule has 3 rings (SSSR count). The molecule has 0 N–H and O–H groups in total. The number of hydrogen-bond acceptors (Lipinski definition) is 4. The third kappa shape index (κ3) is 4.86. The van der Waals surface area contributed by atoms with Gasteiger partial charge in [0, 0.05) is 20.0 Å². The average Bonchev–Trinajstić information content (AvgIpc) is 2.89. The van der Waals surface area contributed by atoms with E-state index in [1.54, 1.807) is 29.0 Å². The Balaban J connectivity index is 1.95. The number of hydrogen-bond donors (Lipinski definition) is 0. The van der Waals surface area contributed by atoms with Gasteiger partial charge >= 0.3 is 6.03 Å². The van der Waals surface area contributed by atoms with Gasteiger partial charge in [-0.1, -0.05) is 59.6 Å². The maximum Gasteiger partial charge on any atom is 0.320 e. The molecule has 0 aliphatic carbocycles. The zero-order chi connectivity index (χ0) is 21.2. The van der Waals surface area contributed by atoms with Gasteiger partial charge in [0.15, 0.2) is 0 Å². The Kier molecular flexibility index (Phi) is 6.43. The monoisotopic (exact) mass is 456 g/mol. The number of likely N-dealkylation sites (N-methyl/N-ethyl adjacent to an activating group) is 1. The second-order valence-corrected chi connectivity index (χ2v) is 9.58. The van der Waals surface area contributed by atoms with Gasteiger partial charge in [-0.25, -0.2) is 4.79 Å². The van der Waals surface area contributed by atoms with E-state index in [1.807, 2.05) is 36.4 Å². The molecule has 2 amide bonds. The smallest absolute Gasteiger partial charge is 0.318 e. The molecule has 1 aliphatic rings. The number of nitrogens with zero attached hydrogens (tertiary/aromatic N) is 2. The lowest BCUT2D eigenvalue weighted by Crippen LogP contribution is -2.43. The molecule has 1 unspecified atom stereocenters. The number of halogens is 2. The first-order valence-electron chi connectivity index (χ1n) is 8.99. The Labute approximate surface area is 181 Å². The van der Waals surface area contributed by atoms with Gasteiger partial charge in [-0.3, -0.25) is 4.18 Å². The number of urea groups is 1. The Hall–Kier alpha value is -1.80. The van der Waals surface area contributed by atoms with Crippen LogP contribution < -0.4 is 0 Å². The molecule has 156 valence electrons. The predicted molar refractivity (Wildman–Crippen MR) is 114 cm³/mol. The van der Waals surface area contributed by atoms with Gasteiger partial charge in [0.25, 0.3) is 10.1 Å². The molecule has 6 nitrogen and oxygen atoms in total. The first-order chi connectivity index (χ1) is 13.6. The summed E-state index contributed by atoms with van der Waals surface area (Å²) in [4.78, 5) is 16.4. The van der Waals surface area contributed by atoms with Crippen LogP contribution in [-0.4, -0.2) is 50.7 Å². The minimum Gasteiger partial charge on any atom is -0.318 e. The third-order valence-corrected chi connectivity index (χ3v) is 6.47. The van der Waals surface area contributed by atoms with Gasteiger partial charge in [-0.15, -0.1) is 0 Å². The predicted octanol–water partition coefficient (Wildman–Crippen LogP) is 4.12. The molecule has 1 atom stereocenters. The molecule has 29 heavy (non-hydrogen) atoms. The Morgan fingerprint density at radius 2 is 1.79 bits per heavy atom. The lowest BCUT2D eigenvalue weighted by molar-refractivity contribution is 0.151. The van der Waals surface area contributed by atoms with Crippen molar-refractivity contribution in [3.05, 3.63) is 69.7 Å². The van der Waals surface area contributed by atoms with Gasteiger partial charge in [0.1, 0.15) is 0 Å². The van der Waals surface area contributed by atoms with Crippen LogP contribution in [0, 0.1) is 0 Å². The second kappa shape index (κ2) is 8.52. The molecule has 1 heterocycles. The number of rotatable bonds is 7. The first-order valence-corrected chi connectivity index (χ1v) is 11.6. The second-order valence-electron chi connectivity index (χ2n) is 7.12. The molecule has 0 spiro atoms. The van der Waals surface area contributed by atoms with Crippen molar-refractivity contribution in [1.82, 2.24) is 9.80 Å². The highest BCUT2D eigenvalue weighted by atomic mass is 35.5. The van der Waals surface area contributed by atoms with E-state index in [1.165, 1.54) is 0 Å². The lowest BCUT2D eigenvalue weighted by atomic mass is 9.86. The van der Waals surface area contributed by atoms with Crippen molar-refractivity contribution < 1.29 is 17.4 Å². The fourth-order valence-electron chi connectivity index (χ4n) is 3.64. The molecule has 0 aromatic heterocycles. The minimum atomic E-state index is -3.60. The molecule has 9 heteroatoms. The number of carbonyl (C=O) groups excluding carboxylic acids is 1. The van der Waals surface area contributed by atoms with Gasteiger partial charge < -0.3 is 9.80 Å². The van der Waals surface area contributed by atoms with E-state index in [0.29, 0.717) is 23.1 Å². The van der Waals surface area contributed by atoms with E-state index >= 15 is 0 Å². The maximum absolute atomic E-state index is 13.0. The third-order valence-electron chi connectivity index (χ3n) is 5.14. The van der Waals surface area contributed by atoms with Crippen LogP contribution in [0.15, 0.2) is 48.5 Å². The van der Waals surface area contributed by atoms with Gasteiger partial charge in [-0.05, 0) is 23.3 Å².